The maximum absolute atomic E-state index is 11.6. The summed E-state index contributed by atoms with van der Waals surface area (Å²) in [4.78, 5) is 19.7. The highest BCUT2D eigenvalue weighted by Gasteiger charge is 2.26. The van der Waals surface area contributed by atoms with Crippen molar-refractivity contribution >= 4 is 45.1 Å². The zero-order valence-corrected chi connectivity index (χ0v) is 19.6. The Morgan fingerprint density at radius 2 is 2.00 bits per heavy atom. The van der Waals surface area contributed by atoms with Gasteiger partial charge in [0, 0.05) is 60.5 Å². The van der Waals surface area contributed by atoms with Crippen LogP contribution in [0.5, 0.6) is 5.75 Å². The maximum atomic E-state index is 11.6. The molecule has 1 aromatic heterocycles. The minimum absolute atomic E-state index is 0.0631. The van der Waals surface area contributed by atoms with Crippen molar-refractivity contribution in [2.45, 2.75) is 19.8 Å². The van der Waals surface area contributed by atoms with Crippen molar-refractivity contribution in [3.8, 4) is 5.75 Å². The standard InChI is InChI=1S/C13H14N2O.C10H12INO/c1-8-7-15(2)10-6-11(16)13-9(12(8)10)4-3-5-14-13;1-7-4-5-9(11)8(6-7)10(13)12(2)3/h3-6,8,16H,7H2,1-2H3;4-6H,1-3H3. The van der Waals surface area contributed by atoms with E-state index in [1.807, 2.05) is 43.3 Å². The van der Waals surface area contributed by atoms with Gasteiger partial charge in [-0.25, -0.2) is 0 Å². The first kappa shape index (κ1) is 21.4. The van der Waals surface area contributed by atoms with E-state index in [9.17, 15) is 9.90 Å². The number of hydrogen-bond donors (Lipinski definition) is 1. The lowest BCUT2D eigenvalue weighted by atomic mass is 9.98. The van der Waals surface area contributed by atoms with Gasteiger partial charge in [-0.15, -0.1) is 0 Å². The highest BCUT2D eigenvalue weighted by molar-refractivity contribution is 14.1. The lowest BCUT2D eigenvalue weighted by Gasteiger charge is -2.13. The van der Waals surface area contributed by atoms with Crippen molar-refractivity contribution in [3.63, 3.8) is 0 Å². The van der Waals surface area contributed by atoms with E-state index in [1.54, 1.807) is 25.2 Å². The second-order valence-corrected chi connectivity index (χ2v) is 8.85. The number of phenolic OH excluding ortho intramolecular Hbond substituents is 1. The van der Waals surface area contributed by atoms with Crippen LogP contribution < -0.4 is 4.90 Å². The second kappa shape index (κ2) is 8.57. The van der Waals surface area contributed by atoms with E-state index in [0.29, 0.717) is 11.4 Å². The third-order valence-electron chi connectivity index (χ3n) is 5.10. The summed E-state index contributed by atoms with van der Waals surface area (Å²) in [7, 11) is 5.59. The number of halogens is 1. The molecule has 152 valence electrons. The van der Waals surface area contributed by atoms with Gasteiger partial charge in [0.15, 0.2) is 0 Å². The number of fused-ring (bicyclic) bond motifs is 3. The molecule has 0 saturated heterocycles. The number of carbonyl (C=O) groups excluding carboxylic acids is 1. The maximum Gasteiger partial charge on any atom is 0.254 e. The van der Waals surface area contributed by atoms with Crippen LogP contribution in [0.2, 0.25) is 0 Å². The summed E-state index contributed by atoms with van der Waals surface area (Å²) >= 11 is 2.18. The van der Waals surface area contributed by atoms with E-state index in [4.69, 9.17) is 0 Å². The molecule has 0 bridgehead atoms. The average molecular weight is 503 g/mol. The number of nitrogens with zero attached hydrogens (tertiary/aromatic N) is 3. The quantitative estimate of drug-likeness (QED) is 0.485. The number of phenols is 1. The van der Waals surface area contributed by atoms with Crippen molar-refractivity contribution in [1.82, 2.24) is 9.88 Å². The first-order valence-electron chi connectivity index (χ1n) is 9.50. The van der Waals surface area contributed by atoms with Crippen LogP contribution >= 0.6 is 22.6 Å². The Kier molecular flexibility index (Phi) is 6.31. The molecule has 0 aliphatic carbocycles. The molecule has 1 atom stereocenters. The van der Waals surface area contributed by atoms with E-state index in [-0.39, 0.29) is 11.7 Å². The SMILES string of the molecule is CC1CN(C)c2cc(O)c3ncccc3c21.Cc1ccc(I)c(C(=O)N(C)C)c1. The van der Waals surface area contributed by atoms with Gasteiger partial charge in [0.05, 0.1) is 5.56 Å². The van der Waals surface area contributed by atoms with E-state index in [2.05, 4.69) is 46.4 Å². The summed E-state index contributed by atoms with van der Waals surface area (Å²) in [6.07, 6.45) is 1.72. The van der Waals surface area contributed by atoms with Crippen LogP contribution in [-0.4, -0.2) is 48.6 Å². The van der Waals surface area contributed by atoms with Crippen LogP contribution in [0.25, 0.3) is 10.9 Å². The Balaban J connectivity index is 0.000000170. The fourth-order valence-electron chi connectivity index (χ4n) is 3.72. The third-order valence-corrected chi connectivity index (χ3v) is 6.04. The van der Waals surface area contributed by atoms with Gasteiger partial charge in [0.25, 0.3) is 5.91 Å². The Morgan fingerprint density at radius 3 is 2.69 bits per heavy atom. The molecule has 29 heavy (non-hydrogen) atoms. The molecule has 5 nitrogen and oxygen atoms in total. The van der Waals surface area contributed by atoms with Gasteiger partial charge in [-0.05, 0) is 53.3 Å². The van der Waals surface area contributed by atoms with Crippen LogP contribution in [0.4, 0.5) is 5.69 Å². The zero-order valence-electron chi connectivity index (χ0n) is 17.4. The number of rotatable bonds is 1. The number of amides is 1. The van der Waals surface area contributed by atoms with Gasteiger partial charge in [-0.2, -0.15) is 0 Å². The molecular formula is C23H26IN3O2. The number of aryl methyl sites for hydroxylation is 1. The summed E-state index contributed by atoms with van der Waals surface area (Å²) in [5.74, 6) is 0.829. The predicted octanol–water partition coefficient (Wildman–Crippen LogP) is 4.80. The smallest absolute Gasteiger partial charge is 0.254 e. The highest BCUT2D eigenvalue weighted by Crippen LogP contribution is 2.42. The predicted molar refractivity (Wildman–Crippen MR) is 127 cm³/mol. The summed E-state index contributed by atoms with van der Waals surface area (Å²) in [6.45, 7) is 5.21. The number of aromatic nitrogens is 1. The Bertz CT molecular complexity index is 1070. The van der Waals surface area contributed by atoms with Crippen molar-refractivity contribution < 1.29 is 9.90 Å². The minimum Gasteiger partial charge on any atom is -0.506 e. The Hall–Kier alpha value is -2.35. The topological polar surface area (TPSA) is 56.7 Å². The van der Waals surface area contributed by atoms with Crippen LogP contribution in [-0.2, 0) is 0 Å². The number of carbonyl (C=O) groups is 1. The number of aromatic hydroxyl groups is 1. The molecule has 0 radical (unpaired) electrons. The highest BCUT2D eigenvalue weighted by atomic mass is 127. The van der Waals surface area contributed by atoms with E-state index < -0.39 is 0 Å². The zero-order chi connectivity index (χ0) is 21.3. The lowest BCUT2D eigenvalue weighted by molar-refractivity contribution is 0.0826. The molecule has 1 aliphatic rings. The lowest BCUT2D eigenvalue weighted by Crippen LogP contribution is -2.22. The monoisotopic (exact) mass is 503 g/mol. The molecule has 3 aromatic rings. The Labute approximate surface area is 185 Å². The van der Waals surface area contributed by atoms with Crippen molar-refractivity contribution in [2.75, 3.05) is 32.6 Å². The van der Waals surface area contributed by atoms with Gasteiger partial charge < -0.3 is 14.9 Å². The molecule has 1 unspecified atom stereocenters. The molecule has 1 amide bonds. The molecule has 4 rings (SSSR count). The molecular weight excluding hydrogens is 477 g/mol. The molecule has 0 saturated carbocycles. The third kappa shape index (κ3) is 4.32. The van der Waals surface area contributed by atoms with Gasteiger partial charge in [0.1, 0.15) is 11.3 Å². The first-order valence-corrected chi connectivity index (χ1v) is 10.6. The molecule has 0 fully saturated rings. The average Bonchev–Trinajstić information content (AvgIpc) is 2.97. The molecule has 6 heteroatoms. The van der Waals surface area contributed by atoms with Crippen LogP contribution in [0.1, 0.15) is 34.3 Å². The first-order chi connectivity index (χ1) is 13.7. The number of likely N-dealkylation sites (N-methyl/N-ethyl adjacent to an activating group) is 1. The van der Waals surface area contributed by atoms with Gasteiger partial charge in [-0.1, -0.05) is 24.6 Å². The molecule has 1 aliphatic heterocycles. The van der Waals surface area contributed by atoms with Crippen LogP contribution in [0.15, 0.2) is 42.6 Å². The normalized spacial score (nSPS) is 15.0. The number of pyridine rings is 1. The van der Waals surface area contributed by atoms with Gasteiger partial charge >= 0.3 is 0 Å². The van der Waals surface area contributed by atoms with Gasteiger partial charge in [0.2, 0.25) is 0 Å². The largest absolute Gasteiger partial charge is 0.506 e. The van der Waals surface area contributed by atoms with Crippen LogP contribution in [0, 0.1) is 10.5 Å². The second-order valence-electron chi connectivity index (χ2n) is 7.69. The number of benzene rings is 2. The fraction of sp³-hybridized carbons (Fsp3) is 0.304. The molecule has 2 aromatic carbocycles. The van der Waals surface area contributed by atoms with Gasteiger partial charge in [-0.3, -0.25) is 9.78 Å². The molecule has 2 heterocycles. The van der Waals surface area contributed by atoms with E-state index >= 15 is 0 Å². The van der Waals surface area contributed by atoms with Crippen molar-refractivity contribution in [3.05, 3.63) is 62.9 Å². The minimum atomic E-state index is 0.0631. The summed E-state index contributed by atoms with van der Waals surface area (Å²) in [6, 6.07) is 11.7. The van der Waals surface area contributed by atoms with E-state index in [0.717, 1.165) is 32.3 Å². The summed E-state index contributed by atoms with van der Waals surface area (Å²) in [5.41, 5.74) is 5.05. The van der Waals surface area contributed by atoms with Crippen molar-refractivity contribution in [1.29, 1.82) is 0 Å². The van der Waals surface area contributed by atoms with Crippen LogP contribution in [0.3, 0.4) is 0 Å². The fourth-order valence-corrected chi connectivity index (χ4v) is 4.28. The molecule has 0 spiro atoms. The van der Waals surface area contributed by atoms with E-state index in [1.165, 1.54) is 5.56 Å². The number of anilines is 1. The summed E-state index contributed by atoms with van der Waals surface area (Å²) < 4.78 is 1.00. The Morgan fingerprint density at radius 1 is 1.28 bits per heavy atom. The van der Waals surface area contributed by atoms with Crippen molar-refractivity contribution in [2.24, 2.45) is 0 Å². The molecule has 1 N–H and O–H groups in total. The summed E-state index contributed by atoms with van der Waals surface area (Å²) in [5, 5.41) is 11.0. The number of hydrogen-bond acceptors (Lipinski definition) is 4.